The Bertz CT molecular complexity index is 4760. The van der Waals surface area contributed by atoms with Gasteiger partial charge in [-0.15, -0.1) is 0 Å². The van der Waals surface area contributed by atoms with Crippen molar-refractivity contribution in [3.05, 3.63) is 291 Å². The van der Waals surface area contributed by atoms with E-state index >= 15 is 0 Å². The van der Waals surface area contributed by atoms with Gasteiger partial charge in [0.1, 0.15) is 46.0 Å². The molecular formula is C78H48B2O4. The second-order valence-electron chi connectivity index (χ2n) is 22.1. The summed E-state index contributed by atoms with van der Waals surface area (Å²) in [4.78, 5) is 0. The van der Waals surface area contributed by atoms with Crippen LogP contribution in [0.15, 0.2) is 291 Å². The predicted molar refractivity (Wildman–Crippen MR) is 345 cm³/mol. The molecule has 17 rings (SSSR count). The normalized spacial score (nSPS) is 12.6. The molecule has 4 heterocycles. The van der Waals surface area contributed by atoms with Gasteiger partial charge < -0.3 is 18.9 Å². The Morgan fingerprint density at radius 1 is 0.179 bits per heavy atom. The molecule has 0 saturated carbocycles. The Morgan fingerprint density at radius 3 is 0.964 bits per heavy atom. The van der Waals surface area contributed by atoms with Gasteiger partial charge in [-0.2, -0.15) is 0 Å². The topological polar surface area (TPSA) is 36.9 Å². The van der Waals surface area contributed by atoms with Gasteiger partial charge >= 0.3 is 0 Å². The lowest BCUT2D eigenvalue weighted by Gasteiger charge is -2.36. The molecule has 4 nitrogen and oxygen atoms in total. The molecule has 390 valence electrons. The van der Waals surface area contributed by atoms with Crippen LogP contribution in [0.4, 0.5) is 0 Å². The first-order valence-electron chi connectivity index (χ1n) is 28.8. The van der Waals surface area contributed by atoms with E-state index in [0.29, 0.717) is 0 Å². The quantitative estimate of drug-likeness (QED) is 0.142. The van der Waals surface area contributed by atoms with Crippen LogP contribution in [-0.4, -0.2) is 13.4 Å². The van der Waals surface area contributed by atoms with Crippen LogP contribution >= 0.6 is 0 Å². The number of rotatable bonds is 8. The number of ether oxygens (including phenoxy) is 4. The van der Waals surface area contributed by atoms with Crippen molar-refractivity contribution in [2.24, 2.45) is 0 Å². The summed E-state index contributed by atoms with van der Waals surface area (Å²) in [5, 5.41) is 0. The van der Waals surface area contributed by atoms with Crippen LogP contribution in [0.3, 0.4) is 0 Å². The standard InChI is InChI=1S/C78H48B2O4/c1-6-19-49(20-7-1)57-38-41-70-67(44-57)79-65-31-16-17-32-69(65)81-75-63(55-27-14-5-15-28-55)48-64(78(83-70)74(75)79)60-30-18-29-56(43-60)51-33-35-52(36-34-51)58-39-42-71-68(45-58)80-66-40-37-59(50-21-8-2-9-22-50)46-72(66)84-77-62(54-25-12-4-13-26-54)47-61(76(82-71)73(77)80)53-23-10-3-11-24-53/h1-48H. The summed E-state index contributed by atoms with van der Waals surface area (Å²) < 4.78 is 28.6. The summed E-state index contributed by atoms with van der Waals surface area (Å²) in [7, 11) is 0. The van der Waals surface area contributed by atoms with Gasteiger partial charge in [-0.1, -0.05) is 249 Å². The molecule has 0 aliphatic carbocycles. The second kappa shape index (κ2) is 19.4. The highest BCUT2D eigenvalue weighted by atomic mass is 16.5. The highest BCUT2D eigenvalue weighted by Gasteiger charge is 2.45. The molecule has 6 heteroatoms. The molecule has 4 aliphatic heterocycles. The average Bonchev–Trinajstić information content (AvgIpc) is 1.08. The minimum atomic E-state index is -0.169. The molecule has 0 saturated heterocycles. The maximum atomic E-state index is 7.21. The van der Waals surface area contributed by atoms with Gasteiger partial charge in [-0.3, -0.25) is 0 Å². The summed E-state index contributed by atoms with van der Waals surface area (Å²) >= 11 is 0. The number of hydrogen-bond donors (Lipinski definition) is 0. The Hall–Kier alpha value is -10.8. The third-order valence-electron chi connectivity index (χ3n) is 17.3. The number of para-hydroxylation sites is 1. The van der Waals surface area contributed by atoms with Crippen LogP contribution in [0.1, 0.15) is 0 Å². The Balaban J connectivity index is 0.770. The Labute approximate surface area is 488 Å². The minimum Gasteiger partial charge on any atom is -0.458 e. The van der Waals surface area contributed by atoms with Crippen molar-refractivity contribution >= 4 is 46.2 Å². The highest BCUT2D eigenvalue weighted by molar-refractivity contribution is 6.99. The Morgan fingerprint density at radius 2 is 0.488 bits per heavy atom. The van der Waals surface area contributed by atoms with Gasteiger partial charge in [0.2, 0.25) is 0 Å². The fraction of sp³-hybridized carbons (Fsp3) is 0. The van der Waals surface area contributed by atoms with Gasteiger partial charge in [-0.25, -0.2) is 0 Å². The average molecular weight is 1070 g/mol. The van der Waals surface area contributed by atoms with Gasteiger partial charge in [0.25, 0.3) is 13.4 Å². The molecule has 13 aromatic carbocycles. The van der Waals surface area contributed by atoms with E-state index in [0.717, 1.165) is 168 Å². The van der Waals surface area contributed by atoms with Crippen LogP contribution in [0, 0.1) is 0 Å². The van der Waals surface area contributed by atoms with Gasteiger partial charge in [-0.05, 0) is 131 Å². The number of benzene rings is 13. The van der Waals surface area contributed by atoms with Crippen LogP contribution < -0.4 is 51.7 Å². The first-order chi connectivity index (χ1) is 41.6. The zero-order chi connectivity index (χ0) is 55.2. The highest BCUT2D eigenvalue weighted by Crippen LogP contribution is 2.49. The van der Waals surface area contributed by atoms with Gasteiger partial charge in [0, 0.05) is 33.2 Å². The summed E-state index contributed by atoms with van der Waals surface area (Å²) in [6.45, 7) is -0.290. The molecule has 0 unspecified atom stereocenters. The van der Waals surface area contributed by atoms with E-state index in [1.54, 1.807) is 0 Å². The van der Waals surface area contributed by atoms with Gasteiger partial charge in [0.05, 0.1) is 0 Å². The molecule has 84 heavy (non-hydrogen) atoms. The van der Waals surface area contributed by atoms with Crippen molar-refractivity contribution in [3.63, 3.8) is 0 Å². The van der Waals surface area contributed by atoms with Crippen molar-refractivity contribution in [3.8, 4) is 135 Å². The van der Waals surface area contributed by atoms with Crippen molar-refractivity contribution in [1.29, 1.82) is 0 Å². The summed E-state index contributed by atoms with van der Waals surface area (Å²) in [5.74, 6) is 6.69. The third kappa shape index (κ3) is 7.86. The lowest BCUT2D eigenvalue weighted by molar-refractivity contribution is 0.466. The number of hydrogen-bond acceptors (Lipinski definition) is 4. The van der Waals surface area contributed by atoms with E-state index in [4.69, 9.17) is 18.9 Å². The second-order valence-corrected chi connectivity index (χ2v) is 22.1. The first-order valence-corrected chi connectivity index (χ1v) is 28.8. The molecule has 13 aromatic rings. The van der Waals surface area contributed by atoms with Crippen molar-refractivity contribution in [2.45, 2.75) is 0 Å². The van der Waals surface area contributed by atoms with Gasteiger partial charge in [0.15, 0.2) is 0 Å². The smallest absolute Gasteiger partial charge is 0.260 e. The fourth-order valence-electron chi connectivity index (χ4n) is 13.3. The molecular weight excluding hydrogens is 1020 g/mol. The molecule has 0 amide bonds. The summed E-state index contributed by atoms with van der Waals surface area (Å²) in [6, 6.07) is 104. The zero-order valence-corrected chi connectivity index (χ0v) is 45.5. The third-order valence-corrected chi connectivity index (χ3v) is 17.3. The van der Waals surface area contributed by atoms with Crippen LogP contribution in [0.25, 0.3) is 89.0 Å². The van der Waals surface area contributed by atoms with Crippen molar-refractivity contribution < 1.29 is 18.9 Å². The minimum absolute atomic E-state index is 0.121. The van der Waals surface area contributed by atoms with E-state index in [-0.39, 0.29) is 13.4 Å². The Kier molecular flexibility index (Phi) is 11.1. The molecule has 0 radical (unpaired) electrons. The SMILES string of the molecule is c1ccc(-c2ccc3c(c2)Oc2c(-c4ccccc4)cc(-c4ccccc4)c4c2B3c2cc(-c3ccc(-c5cccc(-c6cc(-c7ccccc7)c7c8c6Oc6ccc(-c9ccccc9)cc6B8c6ccccc6O7)c5)cc3)ccc2O4)cc1. The van der Waals surface area contributed by atoms with E-state index in [1.165, 1.54) is 0 Å². The number of fused-ring (bicyclic) bond motifs is 8. The maximum absolute atomic E-state index is 7.21. The lowest BCUT2D eigenvalue weighted by atomic mass is 9.34. The lowest BCUT2D eigenvalue weighted by Crippen LogP contribution is -2.57. The molecule has 0 aromatic heterocycles. The predicted octanol–water partition coefficient (Wildman–Crippen LogP) is 16.5. The molecule has 0 spiro atoms. The van der Waals surface area contributed by atoms with Crippen LogP contribution in [-0.2, 0) is 0 Å². The largest absolute Gasteiger partial charge is 0.458 e. The van der Waals surface area contributed by atoms with Crippen molar-refractivity contribution in [1.82, 2.24) is 0 Å². The fourth-order valence-corrected chi connectivity index (χ4v) is 13.3. The molecule has 0 N–H and O–H groups in total. The molecule has 0 bridgehead atoms. The van der Waals surface area contributed by atoms with Crippen molar-refractivity contribution in [2.75, 3.05) is 0 Å². The van der Waals surface area contributed by atoms with E-state index in [2.05, 4.69) is 291 Å². The van der Waals surface area contributed by atoms with E-state index < -0.39 is 0 Å². The summed E-state index contributed by atoms with van der Waals surface area (Å²) in [5.41, 5.74) is 23.9. The van der Waals surface area contributed by atoms with E-state index in [9.17, 15) is 0 Å². The summed E-state index contributed by atoms with van der Waals surface area (Å²) in [6.07, 6.45) is 0. The van der Waals surface area contributed by atoms with Crippen LogP contribution in [0.2, 0.25) is 0 Å². The molecule has 0 fully saturated rings. The monoisotopic (exact) mass is 1070 g/mol. The zero-order valence-electron chi connectivity index (χ0n) is 45.5. The maximum Gasteiger partial charge on any atom is 0.260 e. The molecule has 4 aliphatic rings. The van der Waals surface area contributed by atoms with Crippen LogP contribution in [0.5, 0.6) is 46.0 Å². The first kappa shape index (κ1) is 47.9. The van der Waals surface area contributed by atoms with E-state index in [1.807, 2.05) is 0 Å². The molecule has 0 atom stereocenters.